The van der Waals surface area contributed by atoms with Crippen LogP contribution in [-0.4, -0.2) is 21.2 Å². The highest BCUT2D eigenvalue weighted by atomic mass is 35.5. The summed E-state index contributed by atoms with van der Waals surface area (Å²) >= 11 is 12.8. The highest BCUT2D eigenvalue weighted by Crippen LogP contribution is 2.33. The topological polar surface area (TPSA) is 48.6 Å². The van der Waals surface area contributed by atoms with E-state index in [0.29, 0.717) is 0 Å². The van der Waals surface area contributed by atoms with Gasteiger partial charge in [0.1, 0.15) is 0 Å². The van der Waals surface area contributed by atoms with Crippen LogP contribution in [0, 0.1) is 0 Å². The Morgan fingerprint density at radius 1 is 1.09 bits per heavy atom. The highest BCUT2D eigenvalue weighted by molar-refractivity contribution is 6.59. The summed E-state index contributed by atoms with van der Waals surface area (Å²) in [6, 6.07) is 0. The van der Waals surface area contributed by atoms with Gasteiger partial charge < -0.3 is 5.48 Å². The van der Waals surface area contributed by atoms with E-state index >= 15 is 0 Å². The maximum atomic E-state index is 11.9. The average molecular weight is 233 g/mol. The summed E-state index contributed by atoms with van der Waals surface area (Å²) in [5.74, 6) is -2.38. The van der Waals surface area contributed by atoms with Crippen molar-refractivity contribution in [2.24, 2.45) is 0 Å². The van der Waals surface area contributed by atoms with Crippen molar-refractivity contribution in [2.75, 3.05) is 0 Å². The summed E-state index contributed by atoms with van der Waals surface area (Å²) in [7, 11) is 0. The Kier molecular flexibility index (Phi) is 4.78. The first-order chi connectivity index (χ1) is 4.15. The van der Waals surface area contributed by atoms with Crippen molar-refractivity contribution in [1.82, 2.24) is 0 Å². The zero-order valence-corrected chi connectivity index (χ0v) is 6.94. The summed E-state index contributed by atoms with van der Waals surface area (Å²) in [6.45, 7) is 0. The number of ketones is 1. The first-order valence-corrected chi connectivity index (χ1v) is 2.97. The lowest BCUT2D eigenvalue weighted by atomic mass is 10.4. The maximum Gasteiger partial charge on any atom is 0.386 e. The third kappa shape index (κ3) is 4.68. The van der Waals surface area contributed by atoms with Gasteiger partial charge in [0, 0.05) is 0 Å². The second kappa shape index (κ2) is 3.80. The van der Waals surface area contributed by atoms with Crippen LogP contribution in [0.5, 0.6) is 0 Å². The van der Waals surface area contributed by atoms with Crippen molar-refractivity contribution < 1.29 is 23.4 Å². The largest absolute Gasteiger partial charge is 0.412 e. The van der Waals surface area contributed by atoms with Gasteiger partial charge in [-0.3, -0.25) is 4.79 Å². The molecule has 0 bridgehead atoms. The van der Waals surface area contributed by atoms with Crippen LogP contribution in [-0.2, 0) is 4.79 Å². The van der Waals surface area contributed by atoms with E-state index in [9.17, 15) is 18.0 Å². The van der Waals surface area contributed by atoms with E-state index in [1.54, 1.807) is 0 Å². The molecule has 2 N–H and O–H groups in total. The molecule has 8 heteroatoms. The number of carbonyl (C=O) groups is 1. The molecule has 2 nitrogen and oxygen atoms in total. The molecular weight excluding hydrogens is 231 g/mol. The van der Waals surface area contributed by atoms with E-state index in [4.69, 9.17) is 0 Å². The number of Topliss-reactive ketones (excluding diaryl/α,β-unsaturated/α-hetero) is 1. The maximum absolute atomic E-state index is 11.9. The molecule has 0 atom stereocenters. The molecule has 0 aliphatic heterocycles. The van der Waals surface area contributed by atoms with E-state index in [2.05, 4.69) is 34.8 Å². The molecule has 0 amide bonds. The van der Waals surface area contributed by atoms with Crippen molar-refractivity contribution in [3.05, 3.63) is 0 Å². The van der Waals surface area contributed by atoms with E-state index in [1.807, 2.05) is 0 Å². The fraction of sp³-hybridized carbons (Fsp3) is 0.667. The van der Waals surface area contributed by atoms with Gasteiger partial charge in [-0.15, -0.1) is 0 Å². The third-order valence-electron chi connectivity index (χ3n) is 0.515. The third-order valence-corrected chi connectivity index (χ3v) is 1.03. The van der Waals surface area contributed by atoms with Crippen LogP contribution in [0.1, 0.15) is 0 Å². The molecule has 0 saturated heterocycles. The van der Waals surface area contributed by atoms with E-state index < -0.39 is 15.8 Å². The molecule has 0 saturated carbocycles. The summed E-state index contributed by atoms with van der Waals surface area (Å²) < 4.78 is 31.5. The molecule has 0 aliphatic carbocycles. The number of carbonyl (C=O) groups excluding carboxylic acids is 1. The van der Waals surface area contributed by atoms with Crippen LogP contribution in [0.3, 0.4) is 0 Å². The minimum atomic E-state index is -4.36. The Bertz CT molecular complexity index is 133. The van der Waals surface area contributed by atoms with Gasteiger partial charge in [-0.25, -0.2) is 0 Å². The van der Waals surface area contributed by atoms with Gasteiger partial charge in [0.2, 0.25) is 0 Å². The molecule has 11 heavy (non-hydrogen) atoms. The lowest BCUT2D eigenvalue weighted by Gasteiger charge is -2.10. The number of hydrogen-bond donors (Lipinski definition) is 0. The second-order valence-corrected chi connectivity index (χ2v) is 3.03. The fourth-order valence-corrected chi connectivity index (χ4v) is 0.625. The predicted molar refractivity (Wildman–Crippen MR) is 35.0 cm³/mol. The van der Waals surface area contributed by atoms with Crippen molar-refractivity contribution in [1.29, 1.82) is 0 Å². The van der Waals surface area contributed by atoms with Gasteiger partial charge in [-0.1, -0.05) is 23.2 Å². The predicted octanol–water partition coefficient (Wildman–Crippen LogP) is 1.66. The summed E-state index contributed by atoms with van der Waals surface area (Å²) in [5, 5.41) is -4.36. The SMILES string of the molecule is O.O=C(C(F)(F)Cl)C(F)(Cl)Cl. The number of alkyl halides is 6. The quantitative estimate of drug-likeness (QED) is 0.669. The monoisotopic (exact) mass is 232 g/mol. The van der Waals surface area contributed by atoms with Crippen LogP contribution in [0.25, 0.3) is 0 Å². The molecule has 0 aromatic rings. The molecular formula is C3H2Cl3F3O2. The Balaban J connectivity index is 0. The summed E-state index contributed by atoms with van der Waals surface area (Å²) in [6.07, 6.45) is 0. The van der Waals surface area contributed by atoms with Gasteiger partial charge >= 0.3 is 9.97 Å². The molecule has 0 heterocycles. The molecule has 0 rings (SSSR count). The molecule has 0 fully saturated rings. The zero-order chi connectivity index (χ0) is 8.58. The Labute approximate surface area is 74.5 Å². The molecule has 0 aromatic carbocycles. The molecule has 0 spiro atoms. The van der Waals surface area contributed by atoms with Crippen molar-refractivity contribution in [3.8, 4) is 0 Å². The zero-order valence-electron chi connectivity index (χ0n) is 4.68. The highest BCUT2D eigenvalue weighted by Gasteiger charge is 2.50. The number of hydrogen-bond acceptors (Lipinski definition) is 1. The first kappa shape index (κ1) is 13.9. The van der Waals surface area contributed by atoms with Crippen LogP contribution in [0.15, 0.2) is 0 Å². The second-order valence-electron chi connectivity index (χ2n) is 1.32. The molecule has 0 radical (unpaired) electrons. The minimum Gasteiger partial charge on any atom is -0.412 e. The van der Waals surface area contributed by atoms with Gasteiger partial charge in [-0.2, -0.15) is 13.2 Å². The molecule has 68 valence electrons. The molecule has 0 aromatic heterocycles. The van der Waals surface area contributed by atoms with Crippen molar-refractivity contribution >= 4 is 40.6 Å². The van der Waals surface area contributed by atoms with Crippen LogP contribution >= 0.6 is 34.8 Å². The smallest absolute Gasteiger partial charge is 0.386 e. The Morgan fingerprint density at radius 3 is 1.36 bits per heavy atom. The summed E-state index contributed by atoms with van der Waals surface area (Å²) in [4.78, 5) is 9.97. The van der Waals surface area contributed by atoms with E-state index in [-0.39, 0.29) is 5.48 Å². The standard InChI is InChI=1S/C3Cl3F3O.H2O/c4-2(5,7)1(10)3(6,8)9;/h;1H2. The number of rotatable bonds is 2. The Morgan fingerprint density at radius 2 is 1.36 bits per heavy atom. The van der Waals surface area contributed by atoms with Gasteiger partial charge in [0.25, 0.3) is 5.78 Å². The van der Waals surface area contributed by atoms with Crippen molar-refractivity contribution in [2.45, 2.75) is 9.97 Å². The van der Waals surface area contributed by atoms with Crippen LogP contribution in [0.4, 0.5) is 13.2 Å². The van der Waals surface area contributed by atoms with Gasteiger partial charge in [-0.05, 0) is 11.6 Å². The van der Waals surface area contributed by atoms with Gasteiger partial charge in [0.05, 0.1) is 0 Å². The molecule has 0 aliphatic rings. The average Bonchev–Trinajstić information content (AvgIpc) is 1.59. The van der Waals surface area contributed by atoms with Gasteiger partial charge in [0.15, 0.2) is 0 Å². The fourth-order valence-electron chi connectivity index (χ4n) is 0.161. The lowest BCUT2D eigenvalue weighted by Crippen LogP contribution is -2.34. The molecule has 0 unspecified atom stereocenters. The summed E-state index contributed by atoms with van der Waals surface area (Å²) in [5.41, 5.74) is 0. The first-order valence-electron chi connectivity index (χ1n) is 1.84. The van der Waals surface area contributed by atoms with E-state index in [0.717, 1.165) is 0 Å². The number of halogens is 6. The van der Waals surface area contributed by atoms with Crippen molar-refractivity contribution in [3.63, 3.8) is 0 Å². The normalized spacial score (nSPS) is 12.2. The van der Waals surface area contributed by atoms with E-state index in [1.165, 1.54) is 0 Å². The van der Waals surface area contributed by atoms with Crippen LogP contribution in [0.2, 0.25) is 0 Å². The van der Waals surface area contributed by atoms with Crippen LogP contribution < -0.4 is 0 Å². The lowest BCUT2D eigenvalue weighted by molar-refractivity contribution is -0.137. The Hall–Kier alpha value is 0.290. The minimum absolute atomic E-state index is 0.